The van der Waals surface area contributed by atoms with Crippen molar-refractivity contribution >= 4 is 0 Å². The second-order valence-electron chi connectivity index (χ2n) is 3.61. The Morgan fingerprint density at radius 2 is 1.95 bits per heavy atom. The third-order valence-electron chi connectivity index (χ3n) is 2.40. The van der Waals surface area contributed by atoms with Crippen LogP contribution >= 0.6 is 0 Å². The first kappa shape index (κ1) is 17.9. The topological polar surface area (TPSA) is 84.3 Å². The minimum atomic E-state index is -0.569. The van der Waals surface area contributed by atoms with Gasteiger partial charge in [0.25, 0.3) is 5.56 Å². The number of aryl methyl sites for hydroxylation is 1. The van der Waals surface area contributed by atoms with E-state index in [1.165, 1.54) is 10.8 Å². The molecule has 20 heavy (non-hydrogen) atoms. The normalized spacial score (nSPS) is 19.5. The lowest BCUT2D eigenvalue weighted by Gasteiger charge is -2.14. The highest BCUT2D eigenvalue weighted by molar-refractivity contribution is 5.06. The Bertz CT molecular complexity index is 569. The highest BCUT2D eigenvalue weighted by Crippen LogP contribution is 2.18. The van der Waals surface area contributed by atoms with Crippen molar-refractivity contribution in [2.24, 2.45) is 0 Å². The molecule has 1 aliphatic heterocycles. The Morgan fingerprint density at radius 3 is 2.45 bits per heavy atom. The summed E-state index contributed by atoms with van der Waals surface area (Å²) in [6.07, 6.45) is 11.8. The Morgan fingerprint density at radius 1 is 1.35 bits per heavy atom. The maximum Gasteiger partial charge on any atom is 0.330 e. The highest BCUT2D eigenvalue weighted by atomic mass is 16.5. The lowest BCUT2D eigenvalue weighted by molar-refractivity contribution is -0.0104. The Balaban J connectivity index is 0.000000829. The first-order chi connectivity index (χ1) is 9.61. The predicted molar refractivity (Wildman–Crippen MR) is 77.4 cm³/mol. The summed E-state index contributed by atoms with van der Waals surface area (Å²) in [5, 5.41) is 8.88. The summed E-state index contributed by atoms with van der Waals surface area (Å²) < 4.78 is 6.63. The molecule has 0 radical (unpaired) electrons. The van der Waals surface area contributed by atoms with Crippen LogP contribution in [0.1, 0.15) is 25.6 Å². The first-order valence-electron chi connectivity index (χ1n) is 6.22. The summed E-state index contributed by atoms with van der Waals surface area (Å²) in [4.78, 5) is 24.9. The van der Waals surface area contributed by atoms with Gasteiger partial charge in [-0.05, 0) is 13.0 Å². The summed E-state index contributed by atoms with van der Waals surface area (Å²) in [6.45, 7) is 5.47. The van der Waals surface area contributed by atoms with Crippen LogP contribution in [-0.4, -0.2) is 27.4 Å². The average molecular weight is 280 g/mol. The van der Waals surface area contributed by atoms with Gasteiger partial charge in [-0.15, -0.1) is 12.8 Å². The van der Waals surface area contributed by atoms with E-state index in [0.29, 0.717) is 5.56 Å². The van der Waals surface area contributed by atoms with Crippen molar-refractivity contribution < 1.29 is 9.84 Å². The monoisotopic (exact) mass is 280 g/mol. The van der Waals surface area contributed by atoms with Crippen molar-refractivity contribution in [3.05, 3.63) is 44.8 Å². The number of aromatic amines is 1. The zero-order valence-corrected chi connectivity index (χ0v) is 11.9. The maximum atomic E-state index is 11.5. The number of nitrogens with one attached hydrogen (secondary N) is 1. The molecule has 6 heteroatoms. The second-order valence-corrected chi connectivity index (χ2v) is 3.61. The molecule has 0 fully saturated rings. The smallest absolute Gasteiger partial charge is 0.330 e. The average Bonchev–Trinajstić information content (AvgIpc) is 2.96. The van der Waals surface area contributed by atoms with E-state index in [2.05, 4.69) is 17.8 Å². The van der Waals surface area contributed by atoms with Gasteiger partial charge in [-0.2, -0.15) is 0 Å². The van der Waals surface area contributed by atoms with Crippen LogP contribution in [0, 0.1) is 19.8 Å². The molecule has 110 valence electrons. The van der Waals surface area contributed by atoms with Crippen molar-refractivity contribution in [3.63, 3.8) is 0 Å². The molecule has 0 aliphatic carbocycles. The predicted octanol–water partition coefficient (Wildman–Crippen LogP) is 0.567. The van der Waals surface area contributed by atoms with Crippen LogP contribution in [0.3, 0.4) is 0 Å². The van der Waals surface area contributed by atoms with Crippen molar-refractivity contribution in [2.75, 3.05) is 6.61 Å². The molecule has 2 unspecified atom stereocenters. The van der Waals surface area contributed by atoms with Crippen LogP contribution < -0.4 is 11.2 Å². The fraction of sp³-hybridized carbons (Fsp3) is 0.429. The molecule has 6 nitrogen and oxygen atoms in total. The molecule has 0 aromatic carbocycles. The Labute approximate surface area is 117 Å². The molecule has 0 saturated carbocycles. The minimum absolute atomic E-state index is 0.135. The quantitative estimate of drug-likeness (QED) is 0.612. The number of hydrogen-bond acceptors (Lipinski definition) is 4. The van der Waals surface area contributed by atoms with Crippen LogP contribution in [0.25, 0.3) is 0 Å². The third-order valence-corrected chi connectivity index (χ3v) is 2.40. The van der Waals surface area contributed by atoms with Crippen LogP contribution in [0.15, 0.2) is 27.9 Å². The van der Waals surface area contributed by atoms with Gasteiger partial charge in [-0.25, -0.2) is 4.79 Å². The van der Waals surface area contributed by atoms with E-state index >= 15 is 0 Å². The molecule has 2 N–H and O–H groups in total. The molecule has 0 bridgehead atoms. The number of rotatable bonds is 2. The summed E-state index contributed by atoms with van der Waals surface area (Å²) in [6, 6.07) is 0. The van der Waals surface area contributed by atoms with E-state index in [0.717, 1.165) is 0 Å². The number of nitrogens with zero attached hydrogens (tertiary/aromatic N) is 1. The van der Waals surface area contributed by atoms with Gasteiger partial charge in [0, 0.05) is 11.8 Å². The van der Waals surface area contributed by atoms with Gasteiger partial charge < -0.3 is 9.84 Å². The number of terminal acetylenes is 1. The van der Waals surface area contributed by atoms with Gasteiger partial charge >= 0.3 is 5.69 Å². The maximum absolute atomic E-state index is 11.5. The van der Waals surface area contributed by atoms with Gasteiger partial charge in [0.05, 0.1) is 6.61 Å². The van der Waals surface area contributed by atoms with Crippen molar-refractivity contribution in [3.8, 4) is 12.8 Å². The van der Waals surface area contributed by atoms with Crippen LogP contribution in [-0.2, 0) is 4.74 Å². The fourth-order valence-electron chi connectivity index (χ4n) is 1.53. The molecule has 2 heterocycles. The number of H-pyrrole nitrogens is 1. The molecule has 0 amide bonds. The van der Waals surface area contributed by atoms with Crippen molar-refractivity contribution in [1.82, 2.24) is 9.55 Å². The Hall–Kier alpha value is -2.10. The minimum Gasteiger partial charge on any atom is -0.393 e. The SMILES string of the molecule is C#C.CC.Cc1cn(C2C=CC(CO)O2)c(=O)[nH]c1=O. The summed E-state index contributed by atoms with van der Waals surface area (Å²) in [5.41, 5.74) is -0.491. The number of ether oxygens (including phenoxy) is 1. The van der Waals surface area contributed by atoms with E-state index in [4.69, 9.17) is 9.84 Å². The number of aliphatic hydroxyl groups is 1. The van der Waals surface area contributed by atoms with Crippen molar-refractivity contribution in [1.29, 1.82) is 0 Å². The van der Waals surface area contributed by atoms with E-state index in [-0.39, 0.29) is 6.61 Å². The molecule has 2 rings (SSSR count). The zero-order chi connectivity index (χ0) is 15.7. The second kappa shape index (κ2) is 8.91. The molecule has 1 aromatic heterocycles. The summed E-state index contributed by atoms with van der Waals surface area (Å²) in [7, 11) is 0. The van der Waals surface area contributed by atoms with E-state index < -0.39 is 23.6 Å². The van der Waals surface area contributed by atoms with Gasteiger partial charge in [0.15, 0.2) is 6.23 Å². The molecule has 1 aliphatic rings. The van der Waals surface area contributed by atoms with Gasteiger partial charge in [0.2, 0.25) is 0 Å². The lowest BCUT2D eigenvalue weighted by atomic mass is 10.3. The largest absolute Gasteiger partial charge is 0.393 e. The highest BCUT2D eigenvalue weighted by Gasteiger charge is 2.20. The van der Waals surface area contributed by atoms with Crippen LogP contribution in [0.5, 0.6) is 0 Å². The molecule has 0 saturated heterocycles. The first-order valence-corrected chi connectivity index (χ1v) is 6.22. The zero-order valence-electron chi connectivity index (χ0n) is 11.9. The van der Waals surface area contributed by atoms with Gasteiger partial charge in [-0.3, -0.25) is 14.3 Å². The van der Waals surface area contributed by atoms with Crippen molar-refractivity contribution in [2.45, 2.75) is 33.1 Å². The molecular weight excluding hydrogens is 260 g/mol. The third kappa shape index (κ3) is 4.23. The molecular formula is C14H20N2O4. The number of hydrogen-bond donors (Lipinski definition) is 2. The number of aromatic nitrogens is 2. The molecule has 1 aromatic rings. The van der Waals surface area contributed by atoms with Crippen LogP contribution in [0.2, 0.25) is 0 Å². The molecule has 2 atom stereocenters. The van der Waals surface area contributed by atoms with E-state index in [1.807, 2.05) is 13.8 Å². The van der Waals surface area contributed by atoms with E-state index in [1.54, 1.807) is 19.1 Å². The number of aliphatic hydroxyl groups excluding tert-OH is 1. The van der Waals surface area contributed by atoms with Gasteiger partial charge in [-0.1, -0.05) is 19.9 Å². The lowest BCUT2D eigenvalue weighted by Crippen LogP contribution is -2.33. The van der Waals surface area contributed by atoms with Gasteiger partial charge in [0.1, 0.15) is 6.10 Å². The molecule has 0 spiro atoms. The fourth-order valence-corrected chi connectivity index (χ4v) is 1.53. The Kier molecular flexibility index (Phi) is 7.97. The van der Waals surface area contributed by atoms with E-state index in [9.17, 15) is 9.59 Å². The summed E-state index contributed by atoms with van der Waals surface area (Å²) >= 11 is 0. The van der Waals surface area contributed by atoms with Crippen LogP contribution in [0.4, 0.5) is 0 Å². The summed E-state index contributed by atoms with van der Waals surface area (Å²) in [5.74, 6) is 0. The standard InChI is InChI=1S/C10H12N2O4.C2H6.C2H2/c1-6-4-12(10(15)11-9(6)14)8-3-2-7(5-13)16-8;2*1-2/h2-4,7-8,13H,5H2,1H3,(H,11,14,15);1-2H3;1-2H.